The maximum atomic E-state index is 11.7. The van der Waals surface area contributed by atoms with Crippen LogP contribution in [-0.4, -0.2) is 24.2 Å². The van der Waals surface area contributed by atoms with Gasteiger partial charge in [0.1, 0.15) is 22.3 Å². The third kappa shape index (κ3) is 3.47. The first-order valence-corrected chi connectivity index (χ1v) is 10.2. The SMILES string of the molecule is COC(=O)c1cccc2oc3ccccc3c12.O=C(O)c1cccc2oc3ccccc3c12. The molecule has 6 aromatic rings. The molecule has 4 aromatic carbocycles. The minimum atomic E-state index is -0.933. The number of carbonyl (C=O) groups is 2. The molecule has 6 rings (SSSR count). The van der Waals surface area contributed by atoms with Crippen LogP contribution in [0.1, 0.15) is 20.7 Å². The second-order valence-corrected chi connectivity index (χ2v) is 7.35. The van der Waals surface area contributed by atoms with Crippen molar-refractivity contribution in [1.29, 1.82) is 0 Å². The van der Waals surface area contributed by atoms with E-state index in [2.05, 4.69) is 0 Å². The summed E-state index contributed by atoms with van der Waals surface area (Å²) in [5.74, 6) is -1.28. The van der Waals surface area contributed by atoms with Crippen molar-refractivity contribution in [2.75, 3.05) is 7.11 Å². The zero-order chi connectivity index (χ0) is 22.9. The third-order valence-corrected chi connectivity index (χ3v) is 5.44. The van der Waals surface area contributed by atoms with Crippen LogP contribution in [0.2, 0.25) is 0 Å². The average molecular weight is 438 g/mol. The number of carboxylic acids is 1. The van der Waals surface area contributed by atoms with Crippen molar-refractivity contribution < 1.29 is 28.3 Å². The Labute approximate surface area is 187 Å². The molecular weight excluding hydrogens is 420 g/mol. The number of esters is 1. The second kappa shape index (κ2) is 8.16. The molecule has 6 nitrogen and oxygen atoms in total. The van der Waals surface area contributed by atoms with Gasteiger partial charge < -0.3 is 18.7 Å². The van der Waals surface area contributed by atoms with E-state index < -0.39 is 5.97 Å². The Morgan fingerprint density at radius 3 is 1.61 bits per heavy atom. The van der Waals surface area contributed by atoms with E-state index in [-0.39, 0.29) is 11.5 Å². The Hall–Kier alpha value is -4.58. The highest BCUT2D eigenvalue weighted by atomic mass is 16.5. The molecule has 0 aliphatic heterocycles. The van der Waals surface area contributed by atoms with Gasteiger partial charge >= 0.3 is 11.9 Å². The van der Waals surface area contributed by atoms with Gasteiger partial charge in [0.25, 0.3) is 0 Å². The molecule has 6 heteroatoms. The Bertz CT molecular complexity index is 1650. The standard InChI is InChI=1S/C14H10O3.C13H8O3/c1-16-14(15)10-6-4-8-12-13(10)9-5-2-3-7-11(9)17-12;14-13(15)9-5-3-7-11-12(9)8-4-1-2-6-10(8)16-11/h2-8H,1H3;1-7H,(H,14,15). The molecule has 0 aliphatic rings. The molecule has 0 saturated heterocycles. The first kappa shape index (κ1) is 20.3. The highest BCUT2D eigenvalue weighted by molar-refractivity contribution is 6.15. The molecule has 0 radical (unpaired) electrons. The summed E-state index contributed by atoms with van der Waals surface area (Å²) < 4.78 is 16.0. The fraction of sp³-hybridized carbons (Fsp3) is 0.0370. The maximum absolute atomic E-state index is 11.7. The summed E-state index contributed by atoms with van der Waals surface area (Å²) in [5, 5.41) is 12.4. The van der Waals surface area contributed by atoms with Crippen molar-refractivity contribution in [3.05, 3.63) is 96.1 Å². The molecule has 1 N–H and O–H groups in total. The van der Waals surface area contributed by atoms with E-state index in [4.69, 9.17) is 18.7 Å². The van der Waals surface area contributed by atoms with Gasteiger partial charge in [-0.1, -0.05) is 48.5 Å². The quantitative estimate of drug-likeness (QED) is 0.304. The van der Waals surface area contributed by atoms with Gasteiger partial charge in [-0.15, -0.1) is 0 Å². The van der Waals surface area contributed by atoms with E-state index in [0.29, 0.717) is 27.7 Å². The molecule has 0 spiro atoms. The van der Waals surface area contributed by atoms with Gasteiger partial charge in [-0.05, 0) is 36.4 Å². The van der Waals surface area contributed by atoms with Gasteiger partial charge in [0, 0.05) is 21.5 Å². The number of benzene rings is 4. The lowest BCUT2D eigenvalue weighted by Gasteiger charge is -2.00. The number of methoxy groups -OCH3 is 1. The van der Waals surface area contributed by atoms with E-state index in [1.54, 1.807) is 30.3 Å². The van der Waals surface area contributed by atoms with Crippen LogP contribution < -0.4 is 0 Å². The molecular formula is C27H18O6. The number of carboxylic acid groups (broad SMARTS) is 1. The first-order valence-electron chi connectivity index (χ1n) is 10.2. The number of furan rings is 2. The molecule has 0 amide bonds. The lowest BCUT2D eigenvalue weighted by atomic mass is 10.1. The molecule has 33 heavy (non-hydrogen) atoms. The Morgan fingerprint density at radius 2 is 1.09 bits per heavy atom. The van der Waals surface area contributed by atoms with Crippen molar-refractivity contribution in [1.82, 2.24) is 0 Å². The highest BCUT2D eigenvalue weighted by Gasteiger charge is 2.16. The molecule has 0 aliphatic carbocycles. The van der Waals surface area contributed by atoms with E-state index in [0.717, 1.165) is 21.7 Å². The van der Waals surface area contributed by atoms with Gasteiger partial charge in [0.05, 0.1) is 18.2 Å². The van der Waals surface area contributed by atoms with Crippen LogP contribution in [0.25, 0.3) is 43.9 Å². The summed E-state index contributed by atoms with van der Waals surface area (Å²) in [6, 6.07) is 25.5. The molecule has 0 saturated carbocycles. The zero-order valence-electron chi connectivity index (χ0n) is 17.6. The molecule has 162 valence electrons. The summed E-state index contributed by atoms with van der Waals surface area (Å²) in [5.41, 5.74) is 3.62. The van der Waals surface area contributed by atoms with E-state index in [1.807, 2.05) is 54.6 Å². The van der Waals surface area contributed by atoms with Gasteiger partial charge in [-0.25, -0.2) is 9.59 Å². The van der Waals surface area contributed by atoms with Crippen molar-refractivity contribution in [2.24, 2.45) is 0 Å². The minimum Gasteiger partial charge on any atom is -0.478 e. The normalized spacial score (nSPS) is 10.9. The van der Waals surface area contributed by atoms with Crippen LogP contribution in [0.15, 0.2) is 93.8 Å². The summed E-state index contributed by atoms with van der Waals surface area (Å²) in [6.07, 6.45) is 0. The molecule has 0 bridgehead atoms. The topological polar surface area (TPSA) is 89.9 Å². The smallest absolute Gasteiger partial charge is 0.338 e. The fourth-order valence-corrected chi connectivity index (χ4v) is 4.01. The third-order valence-electron chi connectivity index (χ3n) is 5.44. The van der Waals surface area contributed by atoms with Crippen LogP contribution in [-0.2, 0) is 4.74 Å². The maximum Gasteiger partial charge on any atom is 0.338 e. The van der Waals surface area contributed by atoms with Crippen molar-refractivity contribution in [3.8, 4) is 0 Å². The van der Waals surface area contributed by atoms with Crippen LogP contribution >= 0.6 is 0 Å². The van der Waals surface area contributed by atoms with E-state index in [9.17, 15) is 9.59 Å². The number of para-hydroxylation sites is 2. The second-order valence-electron chi connectivity index (χ2n) is 7.35. The van der Waals surface area contributed by atoms with Gasteiger partial charge in [0.2, 0.25) is 0 Å². The fourth-order valence-electron chi connectivity index (χ4n) is 4.01. The summed E-state index contributed by atoms with van der Waals surface area (Å²) >= 11 is 0. The molecule has 2 heterocycles. The highest BCUT2D eigenvalue weighted by Crippen LogP contribution is 2.32. The van der Waals surface area contributed by atoms with Crippen LogP contribution in [0.3, 0.4) is 0 Å². The predicted molar refractivity (Wildman–Crippen MR) is 126 cm³/mol. The van der Waals surface area contributed by atoms with E-state index in [1.165, 1.54) is 7.11 Å². The largest absolute Gasteiger partial charge is 0.478 e. The summed E-state index contributed by atoms with van der Waals surface area (Å²) in [4.78, 5) is 22.8. The van der Waals surface area contributed by atoms with Crippen molar-refractivity contribution in [3.63, 3.8) is 0 Å². The number of fused-ring (bicyclic) bond motifs is 6. The lowest BCUT2D eigenvalue weighted by Crippen LogP contribution is -2.01. The average Bonchev–Trinajstić information content (AvgIpc) is 3.42. The van der Waals surface area contributed by atoms with Gasteiger partial charge in [-0.3, -0.25) is 0 Å². The number of hydrogen-bond donors (Lipinski definition) is 1. The van der Waals surface area contributed by atoms with E-state index >= 15 is 0 Å². The predicted octanol–water partition coefficient (Wildman–Crippen LogP) is 6.66. The Kier molecular flexibility index (Phi) is 5.03. The number of ether oxygens (including phenoxy) is 1. The van der Waals surface area contributed by atoms with Crippen molar-refractivity contribution in [2.45, 2.75) is 0 Å². The summed E-state index contributed by atoms with van der Waals surface area (Å²) in [6.45, 7) is 0. The zero-order valence-corrected chi connectivity index (χ0v) is 17.6. The van der Waals surface area contributed by atoms with Gasteiger partial charge in [-0.2, -0.15) is 0 Å². The molecule has 0 atom stereocenters. The number of rotatable bonds is 2. The molecule has 2 aromatic heterocycles. The molecule has 0 fully saturated rings. The summed E-state index contributed by atoms with van der Waals surface area (Å²) in [7, 11) is 1.38. The lowest BCUT2D eigenvalue weighted by molar-refractivity contribution is 0.0602. The Balaban J connectivity index is 0.000000139. The van der Waals surface area contributed by atoms with Crippen LogP contribution in [0.4, 0.5) is 0 Å². The Morgan fingerprint density at radius 1 is 0.636 bits per heavy atom. The van der Waals surface area contributed by atoms with Crippen LogP contribution in [0, 0.1) is 0 Å². The monoisotopic (exact) mass is 438 g/mol. The molecule has 0 unspecified atom stereocenters. The van der Waals surface area contributed by atoms with Crippen LogP contribution in [0.5, 0.6) is 0 Å². The number of carbonyl (C=O) groups excluding carboxylic acids is 1. The first-order chi connectivity index (χ1) is 16.1. The minimum absolute atomic E-state index is 0.280. The van der Waals surface area contributed by atoms with Gasteiger partial charge in [0.15, 0.2) is 0 Å². The number of aromatic carboxylic acids is 1. The van der Waals surface area contributed by atoms with Crippen molar-refractivity contribution >= 4 is 55.8 Å². The number of hydrogen-bond acceptors (Lipinski definition) is 5.